The summed E-state index contributed by atoms with van der Waals surface area (Å²) in [4.78, 5) is 33.2. The molecule has 1 saturated heterocycles. The highest BCUT2D eigenvalue weighted by atomic mass is 16.5. The Labute approximate surface area is 216 Å². The fourth-order valence-electron chi connectivity index (χ4n) is 4.74. The minimum absolute atomic E-state index is 0.105. The smallest absolute Gasteiger partial charge is 0.252 e. The standard InChI is InChI=1S/C27H34N8O2/c1-2-3-8-22-33-24-25(23-20(32-26(24)28)7-6-12-29-23)35(22)13-5-4-11-30-27(36)19-9-10-21(31-18-19)34-14-16-37-17-15-34/h6-7,9-10,12,18H,2-5,8,11,13-17H2,1H3,(H2,28,32)(H,30,36). The Morgan fingerprint density at radius 1 is 1.08 bits per heavy atom. The van der Waals surface area contributed by atoms with Crippen LogP contribution >= 0.6 is 0 Å². The molecule has 0 saturated carbocycles. The second-order valence-electron chi connectivity index (χ2n) is 9.32. The summed E-state index contributed by atoms with van der Waals surface area (Å²) in [5.74, 6) is 2.22. The Kier molecular flexibility index (Phi) is 7.74. The van der Waals surface area contributed by atoms with E-state index in [4.69, 9.17) is 15.5 Å². The summed E-state index contributed by atoms with van der Waals surface area (Å²) in [5, 5.41) is 3.02. The molecule has 1 aliphatic heterocycles. The van der Waals surface area contributed by atoms with Gasteiger partial charge in [0.15, 0.2) is 5.82 Å². The molecule has 3 N–H and O–H groups in total. The molecule has 0 aromatic carbocycles. The number of nitrogen functional groups attached to an aromatic ring is 1. The number of aryl methyl sites for hydroxylation is 2. The molecule has 37 heavy (non-hydrogen) atoms. The molecule has 1 fully saturated rings. The molecule has 0 atom stereocenters. The van der Waals surface area contributed by atoms with E-state index in [2.05, 4.69) is 36.7 Å². The lowest BCUT2D eigenvalue weighted by Crippen LogP contribution is -2.36. The molecular weight excluding hydrogens is 468 g/mol. The lowest BCUT2D eigenvalue weighted by Gasteiger charge is -2.27. The molecule has 4 aromatic rings. The van der Waals surface area contributed by atoms with Crippen molar-refractivity contribution in [3.05, 3.63) is 48.0 Å². The maximum absolute atomic E-state index is 12.6. The monoisotopic (exact) mass is 502 g/mol. The van der Waals surface area contributed by atoms with Crippen molar-refractivity contribution in [3.8, 4) is 0 Å². The number of morpholine rings is 1. The molecular formula is C27H34N8O2. The maximum Gasteiger partial charge on any atom is 0.252 e. The number of carbonyl (C=O) groups is 1. The van der Waals surface area contributed by atoms with E-state index in [1.807, 2.05) is 24.3 Å². The molecule has 10 nitrogen and oxygen atoms in total. The first-order valence-corrected chi connectivity index (χ1v) is 13.1. The van der Waals surface area contributed by atoms with Crippen molar-refractivity contribution in [2.24, 2.45) is 0 Å². The van der Waals surface area contributed by atoms with Gasteiger partial charge in [0.25, 0.3) is 5.91 Å². The molecule has 0 spiro atoms. The molecule has 1 amide bonds. The number of nitrogens with two attached hydrogens (primary N) is 1. The second-order valence-corrected chi connectivity index (χ2v) is 9.32. The number of aromatic nitrogens is 5. The van der Waals surface area contributed by atoms with Gasteiger partial charge >= 0.3 is 0 Å². The molecule has 5 rings (SSSR count). The first-order valence-electron chi connectivity index (χ1n) is 13.1. The van der Waals surface area contributed by atoms with Gasteiger partial charge < -0.3 is 25.3 Å². The fraction of sp³-hybridized carbons (Fsp3) is 0.444. The van der Waals surface area contributed by atoms with Gasteiger partial charge in [-0.25, -0.2) is 15.0 Å². The third kappa shape index (κ3) is 5.48. The summed E-state index contributed by atoms with van der Waals surface area (Å²) in [6.45, 7) is 6.58. The average Bonchev–Trinajstić information content (AvgIpc) is 3.31. The Bertz CT molecular complexity index is 1360. The Balaban J connectivity index is 1.21. The van der Waals surface area contributed by atoms with Crippen LogP contribution in [0.3, 0.4) is 0 Å². The van der Waals surface area contributed by atoms with Crippen LogP contribution in [0.4, 0.5) is 11.6 Å². The quantitative estimate of drug-likeness (QED) is 0.317. The molecule has 0 unspecified atom stereocenters. The first-order chi connectivity index (χ1) is 18.2. The maximum atomic E-state index is 12.6. The lowest BCUT2D eigenvalue weighted by atomic mass is 10.2. The van der Waals surface area contributed by atoms with Crippen LogP contribution in [0.2, 0.25) is 0 Å². The number of hydrogen-bond donors (Lipinski definition) is 2. The van der Waals surface area contributed by atoms with E-state index in [1.165, 1.54) is 0 Å². The van der Waals surface area contributed by atoms with Crippen LogP contribution in [-0.2, 0) is 17.7 Å². The largest absolute Gasteiger partial charge is 0.382 e. The van der Waals surface area contributed by atoms with Gasteiger partial charge in [-0.1, -0.05) is 13.3 Å². The number of hydrogen-bond acceptors (Lipinski definition) is 8. The van der Waals surface area contributed by atoms with Crippen molar-refractivity contribution < 1.29 is 9.53 Å². The number of fused-ring (bicyclic) bond motifs is 3. The second kappa shape index (κ2) is 11.5. The third-order valence-electron chi connectivity index (χ3n) is 6.73. The minimum Gasteiger partial charge on any atom is -0.382 e. The topological polar surface area (TPSA) is 124 Å². The molecule has 4 aromatic heterocycles. The van der Waals surface area contributed by atoms with Crippen molar-refractivity contribution >= 4 is 39.6 Å². The molecule has 1 aliphatic rings. The highest BCUT2D eigenvalue weighted by Gasteiger charge is 2.18. The summed E-state index contributed by atoms with van der Waals surface area (Å²) < 4.78 is 7.63. The average molecular weight is 503 g/mol. The zero-order chi connectivity index (χ0) is 25.6. The summed E-state index contributed by atoms with van der Waals surface area (Å²) in [6, 6.07) is 7.54. The van der Waals surface area contributed by atoms with Gasteiger partial charge in [-0.15, -0.1) is 0 Å². The lowest BCUT2D eigenvalue weighted by molar-refractivity contribution is 0.0952. The minimum atomic E-state index is -0.105. The predicted molar refractivity (Wildman–Crippen MR) is 145 cm³/mol. The molecule has 0 radical (unpaired) electrons. The molecule has 0 bridgehead atoms. The summed E-state index contributed by atoms with van der Waals surface area (Å²) in [6.07, 6.45) is 8.16. The highest BCUT2D eigenvalue weighted by molar-refractivity contribution is 6.04. The van der Waals surface area contributed by atoms with Gasteiger partial charge in [0.05, 0.1) is 24.3 Å². The zero-order valence-electron chi connectivity index (χ0n) is 21.3. The van der Waals surface area contributed by atoms with Crippen LogP contribution in [0.15, 0.2) is 36.7 Å². The number of imidazole rings is 1. The van der Waals surface area contributed by atoms with Crippen LogP contribution in [0.25, 0.3) is 22.1 Å². The van der Waals surface area contributed by atoms with Crippen molar-refractivity contribution in [1.82, 2.24) is 29.8 Å². The SMILES string of the molecule is CCCCc1nc2c(N)nc3cccnc3c2n1CCCCNC(=O)c1ccc(N2CCOCC2)nc1. The number of ether oxygens (including phenoxy) is 1. The van der Waals surface area contributed by atoms with E-state index < -0.39 is 0 Å². The Morgan fingerprint density at radius 3 is 2.73 bits per heavy atom. The van der Waals surface area contributed by atoms with Crippen molar-refractivity contribution in [2.45, 2.75) is 45.6 Å². The highest BCUT2D eigenvalue weighted by Crippen LogP contribution is 2.28. The number of rotatable bonds is 10. The Morgan fingerprint density at radius 2 is 1.95 bits per heavy atom. The number of nitrogens with one attached hydrogen (secondary N) is 1. The molecule has 194 valence electrons. The van der Waals surface area contributed by atoms with Crippen LogP contribution in [0.1, 0.15) is 48.8 Å². The van der Waals surface area contributed by atoms with E-state index in [0.717, 1.165) is 85.4 Å². The van der Waals surface area contributed by atoms with E-state index in [-0.39, 0.29) is 5.91 Å². The van der Waals surface area contributed by atoms with E-state index in [9.17, 15) is 4.79 Å². The van der Waals surface area contributed by atoms with Crippen molar-refractivity contribution in [2.75, 3.05) is 43.5 Å². The van der Waals surface area contributed by atoms with Gasteiger partial charge in [0.1, 0.15) is 28.2 Å². The fourth-order valence-corrected chi connectivity index (χ4v) is 4.74. The van der Waals surface area contributed by atoms with Gasteiger partial charge in [0, 0.05) is 45.0 Å². The normalized spacial score (nSPS) is 13.9. The summed E-state index contributed by atoms with van der Waals surface area (Å²) >= 11 is 0. The summed E-state index contributed by atoms with van der Waals surface area (Å²) in [5.41, 5.74) is 10.1. The number of carbonyl (C=O) groups excluding carboxylic acids is 1. The van der Waals surface area contributed by atoms with Gasteiger partial charge in [-0.2, -0.15) is 0 Å². The molecule has 10 heteroatoms. The molecule has 5 heterocycles. The van der Waals surface area contributed by atoms with Crippen molar-refractivity contribution in [3.63, 3.8) is 0 Å². The first kappa shape index (κ1) is 24.9. The number of amides is 1. The number of unbranched alkanes of at least 4 members (excludes halogenated alkanes) is 2. The van der Waals surface area contributed by atoms with E-state index >= 15 is 0 Å². The van der Waals surface area contributed by atoms with E-state index in [0.29, 0.717) is 31.1 Å². The van der Waals surface area contributed by atoms with Crippen LogP contribution in [-0.4, -0.2) is 63.3 Å². The number of nitrogens with zero attached hydrogens (tertiary/aromatic N) is 6. The number of anilines is 2. The Hall–Kier alpha value is -3.79. The summed E-state index contributed by atoms with van der Waals surface area (Å²) in [7, 11) is 0. The van der Waals surface area contributed by atoms with Crippen LogP contribution < -0.4 is 16.0 Å². The zero-order valence-corrected chi connectivity index (χ0v) is 21.3. The van der Waals surface area contributed by atoms with Gasteiger partial charge in [-0.05, 0) is 43.5 Å². The molecule has 0 aliphatic carbocycles. The van der Waals surface area contributed by atoms with Crippen molar-refractivity contribution in [1.29, 1.82) is 0 Å². The number of pyridine rings is 3. The van der Waals surface area contributed by atoms with Crippen LogP contribution in [0, 0.1) is 0 Å². The van der Waals surface area contributed by atoms with E-state index in [1.54, 1.807) is 12.4 Å². The van der Waals surface area contributed by atoms with Crippen LogP contribution in [0.5, 0.6) is 0 Å². The van der Waals surface area contributed by atoms with Gasteiger partial charge in [0.2, 0.25) is 0 Å². The predicted octanol–water partition coefficient (Wildman–Crippen LogP) is 3.35. The van der Waals surface area contributed by atoms with Gasteiger partial charge in [-0.3, -0.25) is 9.78 Å². The third-order valence-corrected chi connectivity index (χ3v) is 6.73.